The lowest BCUT2D eigenvalue weighted by atomic mass is 9.71. The molecule has 1 N–H and O–H groups in total. The van der Waals surface area contributed by atoms with Gasteiger partial charge in [-0.15, -0.1) is 0 Å². The zero-order valence-corrected chi connectivity index (χ0v) is 16.7. The highest BCUT2D eigenvalue weighted by atomic mass is 16.3. The molecular weight excluding hydrogens is 330 g/mol. The Morgan fingerprint density at radius 2 is 2.19 bits per heavy atom. The van der Waals surface area contributed by atoms with Crippen molar-refractivity contribution >= 4 is 0 Å². The van der Waals surface area contributed by atoms with E-state index < -0.39 is 5.60 Å². The van der Waals surface area contributed by atoms with Crippen LogP contribution in [0, 0.1) is 11.8 Å². The van der Waals surface area contributed by atoms with Crippen LogP contribution >= 0.6 is 0 Å². The van der Waals surface area contributed by atoms with Crippen molar-refractivity contribution in [3.63, 3.8) is 0 Å². The van der Waals surface area contributed by atoms with Crippen molar-refractivity contribution in [3.05, 3.63) is 58.4 Å². The van der Waals surface area contributed by atoms with Crippen LogP contribution in [0.1, 0.15) is 64.7 Å². The van der Waals surface area contributed by atoms with Crippen LogP contribution < -0.4 is 0 Å². The van der Waals surface area contributed by atoms with Gasteiger partial charge in [-0.2, -0.15) is 0 Å². The van der Waals surface area contributed by atoms with E-state index in [9.17, 15) is 5.11 Å². The summed E-state index contributed by atoms with van der Waals surface area (Å²) in [6.45, 7) is 4.32. The molecule has 2 heteroatoms. The van der Waals surface area contributed by atoms with E-state index in [1.165, 1.54) is 30.5 Å². The molecule has 1 saturated heterocycles. The highest BCUT2D eigenvalue weighted by molar-refractivity contribution is 5.55. The molecule has 0 radical (unpaired) electrons. The first-order valence-corrected chi connectivity index (χ1v) is 11.2. The van der Waals surface area contributed by atoms with Crippen LogP contribution in [0.2, 0.25) is 0 Å². The standard InChI is InChI=1S/C25H33NO/c1-2-3-14-25(27)16-18-9-8-11-20-23-13-6-7-15-26(23)17-21(24(18)20)19-10-4-5-12-22(19)25/h4,6-7,10,13,20,22,27H,2-3,5,8-9,11-12,14-17H2,1H3. The van der Waals surface area contributed by atoms with E-state index in [2.05, 4.69) is 42.2 Å². The third-order valence-corrected chi connectivity index (χ3v) is 7.60. The second-order valence-electron chi connectivity index (χ2n) is 9.21. The van der Waals surface area contributed by atoms with Crippen LogP contribution in [-0.2, 0) is 0 Å². The molecule has 0 bridgehead atoms. The lowest BCUT2D eigenvalue weighted by Gasteiger charge is -2.44. The summed E-state index contributed by atoms with van der Waals surface area (Å²) in [6.07, 6.45) is 21.7. The van der Waals surface area contributed by atoms with Crippen molar-refractivity contribution in [2.45, 2.75) is 70.3 Å². The first-order valence-electron chi connectivity index (χ1n) is 11.2. The first kappa shape index (κ1) is 17.6. The lowest BCUT2D eigenvalue weighted by Crippen LogP contribution is -2.40. The molecule has 0 saturated carbocycles. The Bertz CT molecular complexity index is 780. The highest BCUT2D eigenvalue weighted by Gasteiger charge is 2.46. The quantitative estimate of drug-likeness (QED) is 0.722. The number of nitrogens with zero attached hydrogens (tertiary/aromatic N) is 1. The van der Waals surface area contributed by atoms with Gasteiger partial charge in [0, 0.05) is 30.6 Å². The number of piperidine rings is 1. The zero-order valence-electron chi connectivity index (χ0n) is 16.7. The third-order valence-electron chi connectivity index (χ3n) is 7.60. The monoisotopic (exact) mass is 363 g/mol. The Balaban J connectivity index is 1.68. The Morgan fingerprint density at radius 3 is 3.07 bits per heavy atom. The molecule has 0 amide bonds. The fourth-order valence-corrected chi connectivity index (χ4v) is 6.38. The molecule has 3 aliphatic carbocycles. The molecule has 144 valence electrons. The maximum absolute atomic E-state index is 12.0. The summed E-state index contributed by atoms with van der Waals surface area (Å²) in [5.41, 5.74) is 7.27. The SMILES string of the molecule is CCCCC1(O)CC2=C3C(=C4C=CCCC41)CN1CC=CC=C1C3CCC2. The van der Waals surface area contributed by atoms with Crippen LogP contribution in [0.4, 0.5) is 0 Å². The maximum Gasteiger partial charge on any atom is 0.0753 e. The average molecular weight is 364 g/mol. The molecule has 2 aliphatic heterocycles. The van der Waals surface area contributed by atoms with Crippen molar-refractivity contribution < 1.29 is 5.11 Å². The Labute approximate surface area is 164 Å². The predicted molar refractivity (Wildman–Crippen MR) is 111 cm³/mol. The number of hydrogen-bond donors (Lipinski definition) is 1. The fourth-order valence-electron chi connectivity index (χ4n) is 6.38. The molecule has 5 aliphatic rings. The second-order valence-corrected chi connectivity index (χ2v) is 9.21. The van der Waals surface area contributed by atoms with Crippen molar-refractivity contribution in [1.82, 2.24) is 4.90 Å². The normalized spacial score (nSPS) is 34.7. The molecular formula is C25H33NO. The van der Waals surface area contributed by atoms with Crippen molar-refractivity contribution in [2.24, 2.45) is 11.8 Å². The van der Waals surface area contributed by atoms with Crippen LogP contribution in [0.15, 0.2) is 58.4 Å². The highest BCUT2D eigenvalue weighted by Crippen LogP contribution is 2.53. The van der Waals surface area contributed by atoms with E-state index in [0.717, 1.165) is 51.6 Å². The van der Waals surface area contributed by atoms with Gasteiger partial charge in [0.05, 0.1) is 5.60 Å². The average Bonchev–Trinajstić information content (AvgIpc) is 2.81. The first-order chi connectivity index (χ1) is 13.2. The summed E-state index contributed by atoms with van der Waals surface area (Å²) >= 11 is 0. The minimum Gasteiger partial charge on any atom is -0.389 e. The van der Waals surface area contributed by atoms with Crippen molar-refractivity contribution in [2.75, 3.05) is 13.1 Å². The topological polar surface area (TPSA) is 23.5 Å². The molecule has 0 spiro atoms. The Morgan fingerprint density at radius 1 is 1.26 bits per heavy atom. The summed E-state index contributed by atoms with van der Waals surface area (Å²) in [5, 5.41) is 12.0. The Kier molecular flexibility index (Phi) is 4.43. The van der Waals surface area contributed by atoms with E-state index in [-0.39, 0.29) is 0 Å². The number of allylic oxidation sites excluding steroid dienone is 5. The molecule has 5 rings (SSSR count). The van der Waals surface area contributed by atoms with Gasteiger partial charge in [-0.3, -0.25) is 0 Å². The lowest BCUT2D eigenvalue weighted by molar-refractivity contribution is -0.0169. The summed E-state index contributed by atoms with van der Waals surface area (Å²) in [4.78, 5) is 2.59. The summed E-state index contributed by atoms with van der Waals surface area (Å²) in [5.74, 6) is 0.876. The molecule has 0 aromatic heterocycles. The van der Waals surface area contributed by atoms with Gasteiger partial charge in [0.1, 0.15) is 0 Å². The fraction of sp³-hybridized carbons (Fsp3) is 0.600. The van der Waals surface area contributed by atoms with Gasteiger partial charge in [0.15, 0.2) is 0 Å². The van der Waals surface area contributed by atoms with Crippen LogP contribution in [-0.4, -0.2) is 28.7 Å². The van der Waals surface area contributed by atoms with Crippen LogP contribution in [0.3, 0.4) is 0 Å². The molecule has 0 aromatic carbocycles. The number of aliphatic hydroxyl groups is 1. The van der Waals surface area contributed by atoms with Gasteiger partial charge in [0.2, 0.25) is 0 Å². The van der Waals surface area contributed by atoms with Gasteiger partial charge < -0.3 is 10.0 Å². The van der Waals surface area contributed by atoms with E-state index in [4.69, 9.17) is 0 Å². The van der Waals surface area contributed by atoms with E-state index in [0.29, 0.717) is 11.8 Å². The number of fused-ring (bicyclic) bond motifs is 3. The largest absolute Gasteiger partial charge is 0.389 e. The van der Waals surface area contributed by atoms with Gasteiger partial charge in [-0.1, -0.05) is 49.6 Å². The summed E-state index contributed by atoms with van der Waals surface area (Å²) < 4.78 is 0. The van der Waals surface area contributed by atoms with E-state index in [1.807, 2.05) is 0 Å². The molecule has 1 fully saturated rings. The molecule has 2 nitrogen and oxygen atoms in total. The minimum absolute atomic E-state index is 0.321. The number of rotatable bonds is 3. The molecule has 2 heterocycles. The van der Waals surface area contributed by atoms with E-state index in [1.54, 1.807) is 16.7 Å². The molecule has 0 aromatic rings. The predicted octanol–water partition coefficient (Wildman–Crippen LogP) is 5.44. The summed E-state index contributed by atoms with van der Waals surface area (Å²) in [6, 6.07) is 0. The van der Waals surface area contributed by atoms with Gasteiger partial charge in [0.25, 0.3) is 0 Å². The number of unbranched alkanes of at least 4 members (excludes halogenated alkanes) is 1. The van der Waals surface area contributed by atoms with Gasteiger partial charge >= 0.3 is 0 Å². The van der Waals surface area contributed by atoms with Crippen molar-refractivity contribution in [1.29, 1.82) is 0 Å². The maximum atomic E-state index is 12.0. The summed E-state index contributed by atoms with van der Waals surface area (Å²) in [7, 11) is 0. The molecule has 3 unspecified atom stereocenters. The molecule has 3 atom stereocenters. The third kappa shape index (κ3) is 2.79. The number of hydrogen-bond acceptors (Lipinski definition) is 2. The smallest absolute Gasteiger partial charge is 0.0753 e. The second kappa shape index (κ2) is 6.81. The minimum atomic E-state index is -0.544. The van der Waals surface area contributed by atoms with Gasteiger partial charge in [-0.25, -0.2) is 0 Å². The van der Waals surface area contributed by atoms with E-state index >= 15 is 0 Å². The van der Waals surface area contributed by atoms with Crippen molar-refractivity contribution in [3.8, 4) is 0 Å². The van der Waals surface area contributed by atoms with Crippen LogP contribution in [0.5, 0.6) is 0 Å². The van der Waals surface area contributed by atoms with Gasteiger partial charge in [-0.05, 0) is 67.7 Å². The zero-order chi connectivity index (χ0) is 18.4. The Hall–Kier alpha value is -1.54. The van der Waals surface area contributed by atoms with Crippen LogP contribution in [0.25, 0.3) is 0 Å². The molecule has 27 heavy (non-hydrogen) atoms.